The van der Waals surface area contributed by atoms with E-state index in [2.05, 4.69) is 15.9 Å². The van der Waals surface area contributed by atoms with Gasteiger partial charge >= 0.3 is 0 Å². The first-order chi connectivity index (χ1) is 7.25. The van der Waals surface area contributed by atoms with Gasteiger partial charge in [-0.1, -0.05) is 15.9 Å². The number of halogens is 3. The lowest BCUT2D eigenvalue weighted by Crippen LogP contribution is -2.48. The molecule has 1 aromatic carbocycles. The molecule has 0 spiro atoms. The Kier molecular flexibility index (Phi) is 2.60. The Morgan fingerprint density at radius 1 is 1.44 bits per heavy atom. The molecule has 3 nitrogen and oxygen atoms in total. The minimum absolute atomic E-state index is 0.331. The van der Waals surface area contributed by atoms with Crippen LogP contribution < -0.4 is 5.73 Å². The van der Waals surface area contributed by atoms with E-state index in [-0.39, 0.29) is 4.90 Å². The van der Waals surface area contributed by atoms with Crippen LogP contribution in [0, 0.1) is 0 Å². The number of rotatable bonds is 0. The molecule has 2 rings (SSSR count). The van der Waals surface area contributed by atoms with Crippen LogP contribution in [-0.2, 0) is 15.8 Å². The predicted octanol–water partition coefficient (Wildman–Crippen LogP) is 1.66. The van der Waals surface area contributed by atoms with Gasteiger partial charge in [0.05, 0.1) is 16.7 Å². The summed E-state index contributed by atoms with van der Waals surface area (Å²) in [5, 5.41) is 0. The van der Waals surface area contributed by atoms with Crippen molar-refractivity contribution in [1.82, 2.24) is 0 Å². The van der Waals surface area contributed by atoms with Crippen molar-refractivity contribution < 1.29 is 17.2 Å². The highest BCUT2D eigenvalue weighted by molar-refractivity contribution is 9.10. The highest BCUT2D eigenvalue weighted by Gasteiger charge is 2.49. The highest BCUT2D eigenvalue weighted by atomic mass is 79.9. The van der Waals surface area contributed by atoms with Gasteiger partial charge in [0.15, 0.2) is 9.84 Å². The normalized spacial score (nSPS) is 26.1. The molecule has 0 bridgehead atoms. The predicted molar refractivity (Wildman–Crippen MR) is 58.1 cm³/mol. The SMILES string of the molecule is NC1CS(=O)(=O)c2ccc(Br)cc2C1(F)F. The van der Waals surface area contributed by atoms with Gasteiger partial charge < -0.3 is 5.73 Å². The van der Waals surface area contributed by atoms with Gasteiger partial charge in [0.2, 0.25) is 0 Å². The fourth-order valence-electron chi connectivity index (χ4n) is 1.66. The summed E-state index contributed by atoms with van der Waals surface area (Å²) in [7, 11) is -3.70. The van der Waals surface area contributed by atoms with Gasteiger partial charge in [-0.15, -0.1) is 0 Å². The molecule has 0 radical (unpaired) electrons. The van der Waals surface area contributed by atoms with Gasteiger partial charge in [0.25, 0.3) is 5.92 Å². The topological polar surface area (TPSA) is 60.2 Å². The Bertz CT molecular complexity index is 544. The van der Waals surface area contributed by atoms with E-state index >= 15 is 0 Å². The average Bonchev–Trinajstić information content (AvgIpc) is 2.14. The molecule has 0 aliphatic carbocycles. The Hall–Kier alpha value is -0.530. The molecule has 0 saturated heterocycles. The van der Waals surface area contributed by atoms with Crippen molar-refractivity contribution in [3.63, 3.8) is 0 Å². The lowest BCUT2D eigenvalue weighted by Gasteiger charge is -2.30. The zero-order chi connectivity index (χ0) is 12.1. The Balaban J connectivity index is 2.78. The number of fused-ring (bicyclic) bond motifs is 1. The third kappa shape index (κ3) is 1.66. The van der Waals surface area contributed by atoms with Crippen LogP contribution in [0.4, 0.5) is 8.78 Å². The Morgan fingerprint density at radius 2 is 2.06 bits per heavy atom. The first kappa shape index (κ1) is 11.9. The number of hydrogen-bond donors (Lipinski definition) is 1. The maximum atomic E-state index is 13.7. The smallest absolute Gasteiger partial charge is 0.290 e. The van der Waals surface area contributed by atoms with E-state index in [9.17, 15) is 17.2 Å². The van der Waals surface area contributed by atoms with Crippen molar-refractivity contribution in [2.45, 2.75) is 16.9 Å². The lowest BCUT2D eigenvalue weighted by molar-refractivity contribution is -0.0299. The van der Waals surface area contributed by atoms with E-state index in [1.54, 1.807) is 0 Å². The summed E-state index contributed by atoms with van der Waals surface area (Å²) in [4.78, 5) is -0.331. The summed E-state index contributed by atoms with van der Waals surface area (Å²) < 4.78 is 51.1. The largest absolute Gasteiger partial charge is 0.322 e. The van der Waals surface area contributed by atoms with Crippen LogP contribution in [0.15, 0.2) is 27.6 Å². The van der Waals surface area contributed by atoms with E-state index in [1.165, 1.54) is 12.1 Å². The van der Waals surface area contributed by atoms with Gasteiger partial charge in [0.1, 0.15) is 0 Å². The molecular formula is C9H8BrF2NO2S. The molecule has 1 heterocycles. The first-order valence-corrected chi connectivity index (χ1v) is 6.86. The molecule has 0 amide bonds. The monoisotopic (exact) mass is 311 g/mol. The molecule has 0 aromatic heterocycles. The highest BCUT2D eigenvalue weighted by Crippen LogP contribution is 2.41. The van der Waals surface area contributed by atoms with Gasteiger partial charge in [-0.3, -0.25) is 0 Å². The summed E-state index contributed by atoms with van der Waals surface area (Å²) in [6.45, 7) is 0. The molecule has 1 aliphatic rings. The van der Waals surface area contributed by atoms with Crippen LogP contribution in [0.25, 0.3) is 0 Å². The molecule has 7 heteroatoms. The molecule has 16 heavy (non-hydrogen) atoms. The summed E-state index contributed by atoms with van der Waals surface area (Å²) >= 11 is 3.03. The maximum Gasteiger partial charge on any atom is 0.290 e. The lowest BCUT2D eigenvalue weighted by atomic mass is 10.0. The second-order valence-corrected chi connectivity index (χ2v) is 6.57. The molecule has 88 valence electrons. The van der Waals surface area contributed by atoms with Crippen molar-refractivity contribution >= 4 is 25.8 Å². The van der Waals surface area contributed by atoms with E-state index < -0.39 is 33.1 Å². The fraction of sp³-hybridized carbons (Fsp3) is 0.333. The zero-order valence-electron chi connectivity index (χ0n) is 7.95. The third-order valence-corrected chi connectivity index (χ3v) is 4.82. The van der Waals surface area contributed by atoms with Crippen LogP contribution >= 0.6 is 15.9 Å². The van der Waals surface area contributed by atoms with Gasteiger partial charge in [0, 0.05) is 10.0 Å². The summed E-state index contributed by atoms with van der Waals surface area (Å²) in [6.07, 6.45) is 0. The Morgan fingerprint density at radius 3 is 2.69 bits per heavy atom. The number of hydrogen-bond acceptors (Lipinski definition) is 3. The van der Waals surface area contributed by atoms with Crippen LogP contribution in [0.1, 0.15) is 5.56 Å². The van der Waals surface area contributed by atoms with Crippen molar-refractivity contribution in [3.05, 3.63) is 28.2 Å². The third-order valence-electron chi connectivity index (χ3n) is 2.50. The average molecular weight is 312 g/mol. The molecule has 2 N–H and O–H groups in total. The number of sulfone groups is 1. The minimum atomic E-state index is -3.70. The van der Waals surface area contributed by atoms with Crippen LogP contribution in [-0.4, -0.2) is 20.2 Å². The summed E-state index contributed by atoms with van der Waals surface area (Å²) in [5.41, 5.74) is 4.68. The molecule has 1 atom stereocenters. The second-order valence-electron chi connectivity index (χ2n) is 3.65. The quantitative estimate of drug-likeness (QED) is 0.792. The first-order valence-electron chi connectivity index (χ1n) is 4.41. The van der Waals surface area contributed by atoms with E-state index in [0.29, 0.717) is 4.47 Å². The van der Waals surface area contributed by atoms with Gasteiger partial charge in [-0.25, -0.2) is 8.42 Å². The van der Waals surface area contributed by atoms with Crippen LogP contribution in [0.3, 0.4) is 0 Å². The maximum absolute atomic E-state index is 13.7. The molecular weight excluding hydrogens is 304 g/mol. The van der Waals surface area contributed by atoms with E-state index in [1.807, 2.05) is 0 Å². The minimum Gasteiger partial charge on any atom is -0.322 e. The Labute approximate surface area is 99.7 Å². The van der Waals surface area contributed by atoms with Crippen molar-refractivity contribution in [1.29, 1.82) is 0 Å². The van der Waals surface area contributed by atoms with E-state index in [0.717, 1.165) is 6.07 Å². The number of benzene rings is 1. The number of alkyl halides is 2. The molecule has 1 aliphatic heterocycles. The summed E-state index contributed by atoms with van der Waals surface area (Å²) in [6, 6.07) is 2.00. The molecule has 0 saturated carbocycles. The zero-order valence-corrected chi connectivity index (χ0v) is 10.4. The molecule has 0 fully saturated rings. The van der Waals surface area contributed by atoms with Crippen molar-refractivity contribution in [2.75, 3.05) is 5.75 Å². The molecule has 1 aromatic rings. The van der Waals surface area contributed by atoms with Crippen molar-refractivity contribution in [2.24, 2.45) is 5.73 Å². The van der Waals surface area contributed by atoms with Gasteiger partial charge in [-0.05, 0) is 18.2 Å². The fourth-order valence-corrected chi connectivity index (χ4v) is 3.69. The van der Waals surface area contributed by atoms with Gasteiger partial charge in [-0.2, -0.15) is 8.78 Å². The van der Waals surface area contributed by atoms with Crippen LogP contribution in [0.5, 0.6) is 0 Å². The van der Waals surface area contributed by atoms with Crippen LogP contribution in [0.2, 0.25) is 0 Å². The molecule has 1 unspecified atom stereocenters. The second kappa shape index (κ2) is 3.48. The standard InChI is InChI=1S/C9H8BrF2NO2S/c10-5-1-2-7-6(3-5)9(11,12)8(13)4-16(7,14)15/h1-3,8H,4,13H2. The van der Waals surface area contributed by atoms with Crippen molar-refractivity contribution in [3.8, 4) is 0 Å². The number of nitrogens with two attached hydrogens (primary N) is 1. The summed E-state index contributed by atoms with van der Waals surface area (Å²) in [5.74, 6) is -4.04. The van der Waals surface area contributed by atoms with E-state index in [4.69, 9.17) is 5.73 Å².